The van der Waals surface area contributed by atoms with Crippen LogP contribution in [0.5, 0.6) is 5.75 Å². The number of hydrogen-bond acceptors (Lipinski definition) is 6. The SMILES string of the molecule is COc1ccc(CSc2nnc(Nc3cccc(C(F)(F)F)c3)c(=O)n2C)cc1. The van der Waals surface area contributed by atoms with Crippen molar-refractivity contribution < 1.29 is 17.9 Å². The summed E-state index contributed by atoms with van der Waals surface area (Å²) < 4.78 is 44.9. The highest BCUT2D eigenvalue weighted by atomic mass is 32.2. The second-order valence-corrected chi connectivity index (χ2v) is 6.98. The molecule has 1 heterocycles. The number of alkyl halides is 3. The van der Waals surface area contributed by atoms with Gasteiger partial charge in [0.2, 0.25) is 5.82 Å². The highest BCUT2D eigenvalue weighted by Crippen LogP contribution is 2.31. The van der Waals surface area contributed by atoms with Gasteiger partial charge in [-0.1, -0.05) is 30.0 Å². The maximum absolute atomic E-state index is 12.8. The summed E-state index contributed by atoms with van der Waals surface area (Å²) in [6.07, 6.45) is -4.48. The number of aromatic nitrogens is 3. The van der Waals surface area contributed by atoms with Gasteiger partial charge in [0.05, 0.1) is 12.7 Å². The number of halogens is 3. The summed E-state index contributed by atoms with van der Waals surface area (Å²) in [6, 6.07) is 12.0. The lowest BCUT2D eigenvalue weighted by molar-refractivity contribution is -0.137. The quantitative estimate of drug-likeness (QED) is 0.600. The number of nitrogens with one attached hydrogen (secondary N) is 1. The molecule has 0 unspecified atom stereocenters. The molecule has 0 saturated heterocycles. The van der Waals surface area contributed by atoms with E-state index >= 15 is 0 Å². The lowest BCUT2D eigenvalue weighted by Gasteiger charge is -2.11. The maximum Gasteiger partial charge on any atom is 0.416 e. The number of methoxy groups -OCH3 is 1. The van der Waals surface area contributed by atoms with Crippen LogP contribution in [0.25, 0.3) is 0 Å². The molecule has 0 amide bonds. The van der Waals surface area contributed by atoms with Gasteiger partial charge in [0, 0.05) is 18.5 Å². The number of hydrogen-bond donors (Lipinski definition) is 1. The monoisotopic (exact) mass is 422 g/mol. The second kappa shape index (κ2) is 8.56. The highest BCUT2D eigenvalue weighted by molar-refractivity contribution is 7.98. The fourth-order valence-corrected chi connectivity index (χ4v) is 3.30. The first-order valence-corrected chi connectivity index (χ1v) is 9.40. The topological polar surface area (TPSA) is 69.0 Å². The fourth-order valence-electron chi connectivity index (χ4n) is 2.43. The Balaban J connectivity index is 1.74. The van der Waals surface area contributed by atoms with Gasteiger partial charge in [-0.3, -0.25) is 9.36 Å². The average molecular weight is 422 g/mol. The maximum atomic E-state index is 12.8. The lowest BCUT2D eigenvalue weighted by atomic mass is 10.2. The van der Waals surface area contributed by atoms with Gasteiger partial charge in [0.15, 0.2) is 5.16 Å². The number of nitrogens with zero attached hydrogens (tertiary/aromatic N) is 3. The van der Waals surface area contributed by atoms with Gasteiger partial charge in [-0.15, -0.1) is 10.2 Å². The Kier molecular flexibility index (Phi) is 6.12. The number of thioether (sulfide) groups is 1. The Morgan fingerprint density at radius 1 is 1.14 bits per heavy atom. The van der Waals surface area contributed by atoms with Crippen LogP contribution in [0.4, 0.5) is 24.7 Å². The molecule has 0 atom stereocenters. The van der Waals surface area contributed by atoms with Gasteiger partial charge in [-0.05, 0) is 35.9 Å². The van der Waals surface area contributed by atoms with Crippen LogP contribution in [0.1, 0.15) is 11.1 Å². The molecule has 0 spiro atoms. The summed E-state index contributed by atoms with van der Waals surface area (Å²) in [4.78, 5) is 12.5. The first-order chi connectivity index (χ1) is 13.8. The van der Waals surface area contributed by atoms with Crippen molar-refractivity contribution >= 4 is 23.3 Å². The van der Waals surface area contributed by atoms with Gasteiger partial charge in [0.1, 0.15) is 5.75 Å². The standard InChI is InChI=1S/C19H17F3N4O2S/c1-26-17(27)16(23-14-5-3-4-13(10-14)19(20,21)22)24-25-18(26)29-11-12-6-8-15(28-2)9-7-12/h3-10H,11H2,1-2H3,(H,23,24). The summed E-state index contributed by atoms with van der Waals surface area (Å²) in [6.45, 7) is 0. The largest absolute Gasteiger partial charge is 0.497 e. The summed E-state index contributed by atoms with van der Waals surface area (Å²) in [5.74, 6) is 1.16. The minimum atomic E-state index is -4.48. The van der Waals surface area contributed by atoms with E-state index < -0.39 is 17.3 Å². The molecule has 1 aromatic heterocycles. The zero-order valence-corrected chi connectivity index (χ0v) is 16.3. The molecule has 0 radical (unpaired) electrons. The van der Waals surface area contributed by atoms with E-state index in [0.29, 0.717) is 10.9 Å². The predicted molar refractivity (Wildman–Crippen MR) is 105 cm³/mol. The van der Waals surface area contributed by atoms with Crippen molar-refractivity contribution in [2.24, 2.45) is 7.05 Å². The first-order valence-electron chi connectivity index (χ1n) is 8.41. The highest BCUT2D eigenvalue weighted by Gasteiger charge is 2.30. The molecular formula is C19H17F3N4O2S. The van der Waals surface area contributed by atoms with Crippen LogP contribution in [-0.2, 0) is 19.0 Å². The normalized spacial score (nSPS) is 11.3. The molecule has 10 heteroatoms. The molecule has 3 rings (SSSR count). The number of anilines is 2. The molecule has 3 aromatic rings. The molecule has 0 bridgehead atoms. The minimum Gasteiger partial charge on any atom is -0.497 e. The molecule has 1 N–H and O–H groups in total. The van der Waals surface area contributed by atoms with E-state index in [4.69, 9.17) is 4.74 Å². The summed E-state index contributed by atoms with van der Waals surface area (Å²) >= 11 is 1.32. The van der Waals surface area contributed by atoms with Crippen molar-refractivity contribution in [3.63, 3.8) is 0 Å². The first kappa shape index (κ1) is 20.7. The molecule has 0 fully saturated rings. The third-order valence-electron chi connectivity index (χ3n) is 4.01. The van der Waals surface area contributed by atoms with E-state index in [-0.39, 0.29) is 11.5 Å². The van der Waals surface area contributed by atoms with E-state index in [2.05, 4.69) is 15.5 Å². The van der Waals surface area contributed by atoms with E-state index in [0.717, 1.165) is 23.4 Å². The van der Waals surface area contributed by atoms with Gasteiger partial charge in [-0.2, -0.15) is 13.2 Å². The number of ether oxygens (including phenoxy) is 1. The van der Waals surface area contributed by atoms with Gasteiger partial charge in [0.25, 0.3) is 5.56 Å². The van der Waals surface area contributed by atoms with Crippen molar-refractivity contribution in [2.75, 3.05) is 12.4 Å². The van der Waals surface area contributed by atoms with Gasteiger partial charge in [-0.25, -0.2) is 0 Å². The van der Waals surface area contributed by atoms with E-state index in [1.807, 2.05) is 24.3 Å². The van der Waals surface area contributed by atoms with Crippen LogP contribution in [0.3, 0.4) is 0 Å². The second-order valence-electron chi connectivity index (χ2n) is 6.04. The Morgan fingerprint density at radius 3 is 2.52 bits per heavy atom. The van der Waals surface area contributed by atoms with E-state index in [9.17, 15) is 18.0 Å². The predicted octanol–water partition coefficient (Wildman–Crippen LogP) is 4.24. The van der Waals surface area contributed by atoms with Crippen molar-refractivity contribution in [3.8, 4) is 5.75 Å². The molecule has 2 aromatic carbocycles. The summed E-state index contributed by atoms with van der Waals surface area (Å²) in [5, 5.41) is 10.9. The lowest BCUT2D eigenvalue weighted by Crippen LogP contribution is -2.24. The van der Waals surface area contributed by atoms with Crippen molar-refractivity contribution in [1.29, 1.82) is 0 Å². The molecule has 6 nitrogen and oxygen atoms in total. The Morgan fingerprint density at radius 2 is 1.86 bits per heavy atom. The number of benzene rings is 2. The smallest absolute Gasteiger partial charge is 0.416 e. The van der Waals surface area contributed by atoms with Crippen LogP contribution in [-0.4, -0.2) is 21.9 Å². The Hall–Kier alpha value is -3.01. The molecule has 0 saturated carbocycles. The Bertz CT molecular complexity index is 1050. The third kappa shape index (κ3) is 5.08. The van der Waals surface area contributed by atoms with Crippen molar-refractivity contribution in [1.82, 2.24) is 14.8 Å². The van der Waals surface area contributed by atoms with Crippen molar-refractivity contribution in [2.45, 2.75) is 17.1 Å². The van der Waals surface area contributed by atoms with Gasteiger partial charge < -0.3 is 10.1 Å². The van der Waals surface area contributed by atoms with Crippen LogP contribution < -0.4 is 15.6 Å². The molecule has 0 aliphatic carbocycles. The van der Waals surface area contributed by atoms with Crippen LogP contribution >= 0.6 is 11.8 Å². The minimum absolute atomic E-state index is 0.102. The van der Waals surface area contributed by atoms with Crippen LogP contribution in [0.2, 0.25) is 0 Å². The zero-order valence-electron chi connectivity index (χ0n) is 15.5. The average Bonchev–Trinajstić information content (AvgIpc) is 2.71. The molecule has 0 aliphatic rings. The molecule has 152 valence electrons. The molecule has 29 heavy (non-hydrogen) atoms. The summed E-state index contributed by atoms with van der Waals surface area (Å²) in [7, 11) is 3.12. The van der Waals surface area contributed by atoms with Gasteiger partial charge >= 0.3 is 6.18 Å². The molecular weight excluding hydrogens is 405 g/mol. The zero-order chi connectivity index (χ0) is 21.0. The molecule has 0 aliphatic heterocycles. The summed E-state index contributed by atoms with van der Waals surface area (Å²) in [5.41, 5.74) is -0.199. The van der Waals surface area contributed by atoms with Crippen LogP contribution in [0.15, 0.2) is 58.5 Å². The Labute approximate surface area is 168 Å². The third-order valence-corrected chi connectivity index (χ3v) is 5.10. The van der Waals surface area contributed by atoms with Crippen LogP contribution in [0, 0.1) is 0 Å². The fraction of sp³-hybridized carbons (Fsp3) is 0.211. The van der Waals surface area contributed by atoms with Crippen molar-refractivity contribution in [3.05, 3.63) is 70.0 Å². The van der Waals surface area contributed by atoms with E-state index in [1.165, 1.54) is 35.5 Å². The van der Waals surface area contributed by atoms with E-state index in [1.54, 1.807) is 7.11 Å². The number of rotatable bonds is 6.